The van der Waals surface area contributed by atoms with Crippen molar-refractivity contribution in [2.45, 2.75) is 44.7 Å². The van der Waals surface area contributed by atoms with Crippen molar-refractivity contribution in [1.29, 1.82) is 0 Å². The zero-order chi connectivity index (χ0) is 15.7. The van der Waals surface area contributed by atoms with Crippen molar-refractivity contribution in [3.63, 3.8) is 0 Å². The van der Waals surface area contributed by atoms with Gasteiger partial charge in [-0.05, 0) is 55.2 Å². The minimum Gasteiger partial charge on any atom is -0.341 e. The fraction of sp³-hybridized carbons (Fsp3) is 0.611. The Kier molecular flexibility index (Phi) is 6.04. The summed E-state index contributed by atoms with van der Waals surface area (Å²) >= 11 is 0. The minimum absolute atomic E-state index is 0. The van der Waals surface area contributed by atoms with Gasteiger partial charge in [0.15, 0.2) is 0 Å². The molecule has 3 nitrogen and oxygen atoms in total. The number of carbonyl (C=O) groups is 1. The van der Waals surface area contributed by atoms with Crippen LogP contribution in [0.25, 0.3) is 0 Å². The first-order chi connectivity index (χ1) is 10.5. The molecule has 0 radical (unpaired) electrons. The molecular weight excluding hydrogens is 315 g/mol. The molecule has 2 aliphatic rings. The number of rotatable bonds is 3. The summed E-state index contributed by atoms with van der Waals surface area (Å²) in [5.41, 5.74) is 7.13. The Morgan fingerprint density at radius 3 is 2.57 bits per heavy atom. The van der Waals surface area contributed by atoms with Crippen molar-refractivity contribution >= 4 is 18.3 Å². The van der Waals surface area contributed by atoms with Gasteiger partial charge < -0.3 is 10.6 Å². The van der Waals surface area contributed by atoms with Gasteiger partial charge in [0.25, 0.3) is 0 Å². The Bertz CT molecular complexity index is 540. The average molecular weight is 341 g/mol. The van der Waals surface area contributed by atoms with Crippen LogP contribution in [0.4, 0.5) is 4.39 Å². The van der Waals surface area contributed by atoms with Crippen LogP contribution in [0.3, 0.4) is 0 Å². The molecule has 2 saturated carbocycles. The Balaban J connectivity index is 0.00000192. The number of hydrogen-bond donors (Lipinski definition) is 1. The molecule has 0 aromatic heterocycles. The van der Waals surface area contributed by atoms with E-state index in [0.717, 1.165) is 31.2 Å². The monoisotopic (exact) mass is 340 g/mol. The second-order valence-corrected chi connectivity index (χ2v) is 7.02. The lowest BCUT2D eigenvalue weighted by Crippen LogP contribution is -2.49. The molecule has 2 N–H and O–H groups in total. The summed E-state index contributed by atoms with van der Waals surface area (Å²) in [7, 11) is 1.82. The number of halogens is 2. The summed E-state index contributed by atoms with van der Waals surface area (Å²) in [5, 5.41) is 0. The van der Waals surface area contributed by atoms with Gasteiger partial charge in [-0.15, -0.1) is 12.4 Å². The second kappa shape index (κ2) is 7.63. The normalized spacial score (nSPS) is 29.5. The molecule has 0 spiro atoms. The van der Waals surface area contributed by atoms with Crippen LogP contribution in [-0.2, 0) is 11.3 Å². The minimum atomic E-state index is -0.253. The van der Waals surface area contributed by atoms with E-state index in [1.165, 1.54) is 18.6 Å². The van der Waals surface area contributed by atoms with Gasteiger partial charge in [0.2, 0.25) is 5.91 Å². The van der Waals surface area contributed by atoms with E-state index in [2.05, 4.69) is 0 Å². The molecule has 2 bridgehead atoms. The summed E-state index contributed by atoms with van der Waals surface area (Å²) in [5.74, 6) is 1.03. The van der Waals surface area contributed by atoms with E-state index in [1.54, 1.807) is 11.0 Å². The first-order valence-electron chi connectivity index (χ1n) is 8.29. The Hall–Kier alpha value is -1.13. The molecule has 2 atom stereocenters. The number of benzene rings is 1. The molecule has 23 heavy (non-hydrogen) atoms. The maximum absolute atomic E-state index is 13.3. The number of hydrogen-bond acceptors (Lipinski definition) is 2. The van der Waals surface area contributed by atoms with Gasteiger partial charge in [0.05, 0.1) is 0 Å². The van der Waals surface area contributed by atoms with Crippen molar-refractivity contribution < 1.29 is 9.18 Å². The topological polar surface area (TPSA) is 46.3 Å². The molecule has 1 aromatic carbocycles. The lowest BCUT2D eigenvalue weighted by atomic mass is 9.65. The van der Waals surface area contributed by atoms with Crippen molar-refractivity contribution in [2.75, 3.05) is 7.05 Å². The molecule has 0 heterocycles. The van der Waals surface area contributed by atoms with E-state index in [-0.39, 0.29) is 36.1 Å². The predicted octanol–water partition coefficient (Wildman–Crippen LogP) is 3.36. The molecule has 0 aliphatic heterocycles. The van der Waals surface area contributed by atoms with E-state index in [0.29, 0.717) is 18.4 Å². The van der Waals surface area contributed by atoms with Crippen LogP contribution >= 0.6 is 12.4 Å². The van der Waals surface area contributed by atoms with Crippen LogP contribution in [0, 0.1) is 23.6 Å². The van der Waals surface area contributed by atoms with Gasteiger partial charge in [-0.25, -0.2) is 4.39 Å². The number of amides is 1. The maximum Gasteiger partial charge on any atom is 0.225 e. The smallest absolute Gasteiger partial charge is 0.225 e. The molecular formula is C18H26ClFN2O. The molecule has 1 amide bonds. The lowest BCUT2D eigenvalue weighted by molar-refractivity contribution is -0.137. The highest BCUT2D eigenvalue weighted by molar-refractivity contribution is 5.85. The zero-order valence-electron chi connectivity index (χ0n) is 13.6. The van der Waals surface area contributed by atoms with Crippen molar-refractivity contribution in [1.82, 2.24) is 4.90 Å². The predicted molar refractivity (Wildman–Crippen MR) is 91.7 cm³/mol. The Morgan fingerprint density at radius 1 is 1.30 bits per heavy atom. The number of nitrogens with zero attached hydrogens (tertiary/aromatic N) is 1. The summed E-state index contributed by atoms with van der Waals surface area (Å²) < 4.78 is 13.3. The van der Waals surface area contributed by atoms with Gasteiger partial charge >= 0.3 is 0 Å². The zero-order valence-corrected chi connectivity index (χ0v) is 14.4. The molecule has 3 rings (SSSR count). The van der Waals surface area contributed by atoms with Gasteiger partial charge in [0, 0.05) is 25.6 Å². The molecule has 1 aromatic rings. The van der Waals surface area contributed by atoms with Gasteiger partial charge in [-0.2, -0.15) is 0 Å². The second-order valence-electron chi connectivity index (χ2n) is 7.02. The molecule has 0 saturated heterocycles. The first kappa shape index (κ1) is 18.2. The highest BCUT2D eigenvalue weighted by Crippen LogP contribution is 2.42. The lowest BCUT2D eigenvalue weighted by Gasteiger charge is -2.44. The van der Waals surface area contributed by atoms with Crippen molar-refractivity contribution in [3.8, 4) is 0 Å². The van der Waals surface area contributed by atoms with E-state index in [4.69, 9.17) is 5.73 Å². The molecule has 2 fully saturated rings. The summed E-state index contributed by atoms with van der Waals surface area (Å²) in [6, 6.07) is 6.75. The Morgan fingerprint density at radius 2 is 1.96 bits per heavy atom. The van der Waals surface area contributed by atoms with Crippen LogP contribution < -0.4 is 5.73 Å². The highest BCUT2D eigenvalue weighted by Gasteiger charge is 2.41. The molecule has 2 aliphatic carbocycles. The molecule has 128 valence electrons. The fourth-order valence-corrected chi connectivity index (χ4v) is 4.29. The standard InChI is InChI=1S/C18H25FN2O.ClH/c1-21(11-12-4-2-7-16(19)8-12)18(22)15-9-13-5-3-6-14(10-15)17(13)20;/h2,4,7-8,13-15,17H,3,5-6,9-11,20H2,1H3;1H. The van der Waals surface area contributed by atoms with Crippen LogP contribution in [0.15, 0.2) is 24.3 Å². The van der Waals surface area contributed by atoms with E-state index < -0.39 is 0 Å². The molecule has 2 unspecified atom stereocenters. The third-order valence-electron chi connectivity index (χ3n) is 5.45. The average Bonchev–Trinajstić information content (AvgIpc) is 2.46. The highest BCUT2D eigenvalue weighted by atomic mass is 35.5. The van der Waals surface area contributed by atoms with Crippen LogP contribution in [-0.4, -0.2) is 23.9 Å². The Labute approximate surface area is 143 Å². The third kappa shape index (κ3) is 4.04. The van der Waals surface area contributed by atoms with Crippen LogP contribution in [0.2, 0.25) is 0 Å². The quantitative estimate of drug-likeness (QED) is 0.917. The molecule has 5 heteroatoms. The van der Waals surface area contributed by atoms with E-state index in [1.807, 2.05) is 13.1 Å². The summed E-state index contributed by atoms with van der Waals surface area (Å²) in [6.45, 7) is 0.467. The third-order valence-corrected chi connectivity index (χ3v) is 5.45. The van der Waals surface area contributed by atoms with Crippen molar-refractivity contribution in [2.24, 2.45) is 23.5 Å². The van der Waals surface area contributed by atoms with Gasteiger partial charge in [-0.1, -0.05) is 18.6 Å². The SMILES string of the molecule is CN(Cc1cccc(F)c1)C(=O)C1CC2CCCC(C1)C2N.Cl. The fourth-order valence-electron chi connectivity index (χ4n) is 4.29. The van der Waals surface area contributed by atoms with E-state index >= 15 is 0 Å². The summed E-state index contributed by atoms with van der Waals surface area (Å²) in [4.78, 5) is 14.5. The van der Waals surface area contributed by atoms with Crippen LogP contribution in [0.5, 0.6) is 0 Å². The first-order valence-corrected chi connectivity index (χ1v) is 8.29. The van der Waals surface area contributed by atoms with Crippen molar-refractivity contribution in [3.05, 3.63) is 35.6 Å². The van der Waals surface area contributed by atoms with Crippen LogP contribution in [0.1, 0.15) is 37.7 Å². The van der Waals surface area contributed by atoms with Gasteiger partial charge in [0.1, 0.15) is 5.82 Å². The summed E-state index contributed by atoms with van der Waals surface area (Å²) in [6.07, 6.45) is 5.42. The van der Waals surface area contributed by atoms with Gasteiger partial charge in [-0.3, -0.25) is 4.79 Å². The largest absolute Gasteiger partial charge is 0.341 e. The number of fused-ring (bicyclic) bond motifs is 2. The van der Waals surface area contributed by atoms with E-state index in [9.17, 15) is 9.18 Å². The number of nitrogens with two attached hydrogens (primary N) is 1. The maximum atomic E-state index is 13.3. The number of carbonyl (C=O) groups excluding carboxylic acids is 1.